The average molecular weight is 280 g/mol. The molecule has 4 rings (SSSR count). The number of H-pyrrole nitrogens is 1. The van der Waals surface area contributed by atoms with E-state index in [4.69, 9.17) is 0 Å². The average Bonchev–Trinajstić information content (AvgIpc) is 2.82. The van der Waals surface area contributed by atoms with Crippen LogP contribution < -0.4 is 10.2 Å². The molecule has 0 aromatic carbocycles. The number of aromatic nitrogens is 5. The molecular weight excluding hydrogens is 266 g/mol. The first-order chi connectivity index (χ1) is 10.3. The Balaban J connectivity index is 1.80. The predicted octanol–water partition coefficient (Wildman–Crippen LogP) is 1.82. The van der Waals surface area contributed by atoms with Gasteiger partial charge in [-0.3, -0.25) is 5.10 Å². The van der Waals surface area contributed by atoms with Crippen LogP contribution in [0.25, 0.3) is 11.0 Å². The monoisotopic (exact) mass is 280 g/mol. The van der Waals surface area contributed by atoms with Crippen LogP contribution in [0.15, 0.2) is 24.4 Å². The number of aromatic amines is 1. The summed E-state index contributed by atoms with van der Waals surface area (Å²) < 4.78 is 0. The van der Waals surface area contributed by atoms with Crippen molar-refractivity contribution in [1.82, 2.24) is 25.1 Å². The lowest BCUT2D eigenvalue weighted by Crippen LogP contribution is -2.39. The van der Waals surface area contributed by atoms with E-state index in [1.165, 1.54) is 0 Å². The van der Waals surface area contributed by atoms with Gasteiger partial charge in [-0.15, -0.1) is 0 Å². The number of rotatable bonds is 3. The predicted molar refractivity (Wildman–Crippen MR) is 80.5 cm³/mol. The third-order valence-corrected chi connectivity index (χ3v) is 3.40. The van der Waals surface area contributed by atoms with Crippen LogP contribution in [-0.2, 0) is 0 Å². The summed E-state index contributed by atoms with van der Waals surface area (Å²) in [6, 6.07) is 5.77. The van der Waals surface area contributed by atoms with Gasteiger partial charge in [0.1, 0.15) is 11.6 Å². The molecule has 1 fully saturated rings. The van der Waals surface area contributed by atoms with E-state index >= 15 is 0 Å². The Labute approximate surface area is 121 Å². The third-order valence-electron chi connectivity index (χ3n) is 3.40. The zero-order chi connectivity index (χ0) is 14.2. The number of aryl methyl sites for hydroxylation is 1. The summed E-state index contributed by atoms with van der Waals surface area (Å²) in [6.07, 6.45) is 3.92. The standard InChI is InChI=1S/C14H14N7/c1-9-8-11(20-19-9)16-13-10-4-2-5-15-12(10)17-14(18-13)21-6-3-7-21/h2-5,8H,6-7H2,1H3,(H2,15,16,17,18,19,20). The molecule has 1 aliphatic heterocycles. The Kier molecular flexibility index (Phi) is 2.70. The molecule has 1 radical (unpaired) electrons. The van der Waals surface area contributed by atoms with Crippen molar-refractivity contribution in [2.45, 2.75) is 6.92 Å². The van der Waals surface area contributed by atoms with Gasteiger partial charge in [-0.1, -0.05) is 0 Å². The van der Waals surface area contributed by atoms with Gasteiger partial charge >= 0.3 is 0 Å². The Morgan fingerprint density at radius 3 is 2.90 bits per heavy atom. The van der Waals surface area contributed by atoms with Crippen molar-refractivity contribution in [3.05, 3.63) is 36.5 Å². The van der Waals surface area contributed by atoms with Crippen molar-refractivity contribution < 1.29 is 0 Å². The van der Waals surface area contributed by atoms with Crippen LogP contribution in [0.4, 0.5) is 17.6 Å². The lowest BCUT2D eigenvalue weighted by Gasteiger charge is -2.30. The van der Waals surface area contributed by atoms with Crippen LogP contribution in [0.3, 0.4) is 0 Å². The lowest BCUT2D eigenvalue weighted by atomic mass is 10.2. The number of anilines is 3. The molecule has 1 saturated heterocycles. The van der Waals surface area contributed by atoms with Gasteiger partial charge in [-0.2, -0.15) is 15.1 Å². The fourth-order valence-corrected chi connectivity index (χ4v) is 2.22. The summed E-state index contributed by atoms with van der Waals surface area (Å²) in [5.74, 6) is 2.23. The highest BCUT2D eigenvalue weighted by molar-refractivity contribution is 5.89. The first-order valence-corrected chi connectivity index (χ1v) is 6.78. The molecular formula is C14H14N7. The topological polar surface area (TPSA) is 82.6 Å². The van der Waals surface area contributed by atoms with Crippen molar-refractivity contribution in [2.75, 3.05) is 23.3 Å². The smallest absolute Gasteiger partial charge is 0.229 e. The van der Waals surface area contributed by atoms with Crippen LogP contribution in [0, 0.1) is 13.3 Å². The molecule has 3 aromatic rings. The number of nitrogens with zero attached hydrogens (tertiary/aromatic N) is 5. The summed E-state index contributed by atoms with van der Waals surface area (Å²) in [5.41, 5.74) is 1.61. The van der Waals surface area contributed by atoms with Crippen molar-refractivity contribution in [2.24, 2.45) is 0 Å². The van der Waals surface area contributed by atoms with Crippen molar-refractivity contribution in [3.63, 3.8) is 0 Å². The Bertz CT molecular complexity index is 791. The zero-order valence-corrected chi connectivity index (χ0v) is 11.5. The minimum absolute atomic E-state index is 0.688. The molecule has 7 nitrogen and oxygen atoms in total. The second kappa shape index (κ2) is 4.69. The number of hydrogen-bond acceptors (Lipinski definition) is 6. The second-order valence-electron chi connectivity index (χ2n) is 4.99. The Morgan fingerprint density at radius 2 is 2.19 bits per heavy atom. The molecule has 0 aliphatic carbocycles. The fraction of sp³-hybridized carbons (Fsp3) is 0.214. The zero-order valence-electron chi connectivity index (χ0n) is 11.5. The third kappa shape index (κ3) is 2.16. The SMILES string of the molecule is Cc1cc(Nc2nc(N3C[CH]C3)nc3ncccc23)[nH]n1. The molecule has 4 heterocycles. The maximum absolute atomic E-state index is 4.62. The minimum Gasteiger partial charge on any atom is -0.340 e. The molecule has 0 amide bonds. The van der Waals surface area contributed by atoms with Crippen LogP contribution in [0.2, 0.25) is 0 Å². The number of fused-ring (bicyclic) bond motifs is 1. The van der Waals surface area contributed by atoms with Crippen molar-refractivity contribution >= 4 is 28.6 Å². The van der Waals surface area contributed by atoms with E-state index in [1.54, 1.807) is 6.20 Å². The van der Waals surface area contributed by atoms with Gasteiger partial charge in [0, 0.05) is 31.8 Å². The Morgan fingerprint density at radius 1 is 1.29 bits per heavy atom. The maximum Gasteiger partial charge on any atom is 0.229 e. The summed E-state index contributed by atoms with van der Waals surface area (Å²) >= 11 is 0. The Hall–Kier alpha value is -2.70. The highest BCUT2D eigenvalue weighted by Gasteiger charge is 2.20. The molecule has 21 heavy (non-hydrogen) atoms. The molecule has 1 aliphatic rings. The molecule has 0 bridgehead atoms. The van der Waals surface area contributed by atoms with E-state index in [-0.39, 0.29) is 0 Å². The van der Waals surface area contributed by atoms with E-state index in [0.29, 0.717) is 11.6 Å². The van der Waals surface area contributed by atoms with E-state index < -0.39 is 0 Å². The quantitative estimate of drug-likeness (QED) is 0.761. The molecule has 7 heteroatoms. The molecule has 3 aromatic heterocycles. The lowest BCUT2D eigenvalue weighted by molar-refractivity contribution is 0.735. The molecule has 0 saturated carbocycles. The van der Waals surface area contributed by atoms with Crippen molar-refractivity contribution in [3.8, 4) is 0 Å². The van der Waals surface area contributed by atoms with Crippen LogP contribution in [0.5, 0.6) is 0 Å². The summed E-state index contributed by atoms with van der Waals surface area (Å²) in [4.78, 5) is 15.6. The van der Waals surface area contributed by atoms with Crippen molar-refractivity contribution in [1.29, 1.82) is 0 Å². The second-order valence-corrected chi connectivity index (χ2v) is 4.99. The van der Waals surface area contributed by atoms with E-state index in [9.17, 15) is 0 Å². The molecule has 0 atom stereocenters. The highest BCUT2D eigenvalue weighted by atomic mass is 15.3. The molecule has 105 valence electrons. The van der Waals surface area contributed by atoms with Gasteiger partial charge in [0.05, 0.1) is 11.1 Å². The first kappa shape index (κ1) is 12.1. The van der Waals surface area contributed by atoms with Gasteiger partial charge in [0.15, 0.2) is 5.65 Å². The number of hydrogen-bond donors (Lipinski definition) is 2. The number of pyridine rings is 1. The largest absolute Gasteiger partial charge is 0.340 e. The summed E-state index contributed by atoms with van der Waals surface area (Å²) in [7, 11) is 0. The molecule has 2 N–H and O–H groups in total. The van der Waals surface area contributed by atoms with E-state index in [2.05, 4.69) is 41.8 Å². The fourth-order valence-electron chi connectivity index (χ4n) is 2.22. The van der Waals surface area contributed by atoms with Crippen LogP contribution in [-0.4, -0.2) is 38.2 Å². The summed E-state index contributed by atoms with van der Waals surface area (Å²) in [6.45, 7) is 3.69. The van der Waals surface area contributed by atoms with E-state index in [1.807, 2.05) is 25.1 Å². The van der Waals surface area contributed by atoms with Gasteiger partial charge in [-0.25, -0.2) is 4.98 Å². The molecule has 0 spiro atoms. The van der Waals surface area contributed by atoms with E-state index in [0.717, 1.165) is 35.8 Å². The molecule has 0 unspecified atom stereocenters. The van der Waals surface area contributed by atoms with Crippen LogP contribution >= 0.6 is 0 Å². The first-order valence-electron chi connectivity index (χ1n) is 6.78. The van der Waals surface area contributed by atoms with Gasteiger partial charge < -0.3 is 10.2 Å². The van der Waals surface area contributed by atoms with Gasteiger partial charge in [0.2, 0.25) is 5.95 Å². The maximum atomic E-state index is 4.62. The number of nitrogens with one attached hydrogen (secondary N) is 2. The highest BCUT2D eigenvalue weighted by Crippen LogP contribution is 2.26. The minimum atomic E-state index is 0.688. The van der Waals surface area contributed by atoms with Crippen LogP contribution in [0.1, 0.15) is 5.69 Å². The van der Waals surface area contributed by atoms with Gasteiger partial charge in [-0.05, 0) is 19.1 Å². The normalized spacial score (nSPS) is 14.2. The van der Waals surface area contributed by atoms with Gasteiger partial charge in [0.25, 0.3) is 0 Å². The summed E-state index contributed by atoms with van der Waals surface area (Å²) in [5, 5.41) is 11.2.